The molecule has 2 aliphatic rings. The van der Waals surface area contributed by atoms with Crippen molar-refractivity contribution < 1.29 is 13.9 Å². The standard InChI is InChI=1S/C28H30FN9O3/c1-6-22(39)36-12-17(5)37(13-16(36)4)26-18-11-19(29)24-20-14-35(34-33-20)9-10-41-21-7-8-30-23(15(2)3)25(21)38(27(18)31-24)28(40)32-26/h6-8,11,14-17H,1,9-10,12-13H2,2-5H3/t16-,17+/m1/s1. The van der Waals surface area contributed by atoms with Gasteiger partial charge >= 0.3 is 5.69 Å². The first-order valence-electron chi connectivity index (χ1n) is 13.5. The number of nitrogens with zero attached hydrogens (tertiary/aromatic N) is 9. The Kier molecular flexibility index (Phi) is 6.51. The zero-order valence-corrected chi connectivity index (χ0v) is 23.3. The molecular weight excluding hydrogens is 529 g/mol. The summed E-state index contributed by atoms with van der Waals surface area (Å²) in [6.07, 6.45) is 4.52. The van der Waals surface area contributed by atoms with Gasteiger partial charge < -0.3 is 14.5 Å². The molecule has 0 aromatic carbocycles. The van der Waals surface area contributed by atoms with Gasteiger partial charge in [-0.2, -0.15) is 4.98 Å². The number of anilines is 1. The summed E-state index contributed by atoms with van der Waals surface area (Å²) in [5.41, 5.74) is 0.806. The van der Waals surface area contributed by atoms with E-state index in [4.69, 9.17) is 9.72 Å². The lowest BCUT2D eigenvalue weighted by Crippen LogP contribution is -2.58. The van der Waals surface area contributed by atoms with Crippen molar-refractivity contribution in [1.82, 2.24) is 39.4 Å². The minimum Gasteiger partial charge on any atom is -0.489 e. The first kappa shape index (κ1) is 26.5. The minimum atomic E-state index is -0.622. The van der Waals surface area contributed by atoms with Gasteiger partial charge in [0.15, 0.2) is 11.5 Å². The molecule has 4 bridgehead atoms. The number of fused-ring (bicyclic) bond motifs is 6. The molecule has 4 aromatic heterocycles. The highest BCUT2D eigenvalue weighted by Crippen LogP contribution is 2.35. The number of piperazine rings is 1. The fourth-order valence-corrected chi connectivity index (χ4v) is 5.53. The highest BCUT2D eigenvalue weighted by atomic mass is 19.1. The van der Waals surface area contributed by atoms with Crippen molar-refractivity contribution in [3.63, 3.8) is 0 Å². The predicted octanol–water partition coefficient (Wildman–Crippen LogP) is 2.70. The summed E-state index contributed by atoms with van der Waals surface area (Å²) in [5, 5.41) is 8.56. The highest BCUT2D eigenvalue weighted by molar-refractivity contribution is 5.91. The molecule has 1 saturated heterocycles. The van der Waals surface area contributed by atoms with E-state index in [1.165, 1.54) is 16.7 Å². The van der Waals surface area contributed by atoms with E-state index in [0.717, 1.165) is 0 Å². The number of halogens is 1. The van der Waals surface area contributed by atoms with Crippen LogP contribution in [0.2, 0.25) is 0 Å². The molecule has 0 saturated carbocycles. The number of carbonyl (C=O) groups excluding carboxylic acids is 1. The molecule has 41 heavy (non-hydrogen) atoms. The predicted molar refractivity (Wildman–Crippen MR) is 150 cm³/mol. The smallest absolute Gasteiger partial charge is 0.356 e. The second kappa shape index (κ2) is 10.1. The number of rotatable bonds is 3. The molecule has 13 heteroatoms. The van der Waals surface area contributed by atoms with Crippen LogP contribution in [0.5, 0.6) is 5.75 Å². The Morgan fingerprint density at radius 1 is 1.22 bits per heavy atom. The van der Waals surface area contributed by atoms with Crippen molar-refractivity contribution in [1.29, 1.82) is 0 Å². The molecule has 6 rings (SSSR count). The van der Waals surface area contributed by atoms with Gasteiger partial charge in [0.05, 0.1) is 23.8 Å². The van der Waals surface area contributed by atoms with Gasteiger partial charge in [-0.05, 0) is 31.9 Å². The molecule has 0 unspecified atom stereocenters. The summed E-state index contributed by atoms with van der Waals surface area (Å²) >= 11 is 0. The lowest BCUT2D eigenvalue weighted by atomic mass is 10.1. The van der Waals surface area contributed by atoms with E-state index in [1.807, 2.05) is 32.6 Å². The van der Waals surface area contributed by atoms with Crippen molar-refractivity contribution >= 4 is 22.8 Å². The zero-order valence-electron chi connectivity index (χ0n) is 23.3. The van der Waals surface area contributed by atoms with E-state index in [2.05, 4.69) is 26.9 Å². The van der Waals surface area contributed by atoms with Crippen LogP contribution in [-0.4, -0.2) is 77.1 Å². The van der Waals surface area contributed by atoms with Gasteiger partial charge in [0, 0.05) is 37.4 Å². The molecule has 0 N–H and O–H groups in total. The van der Waals surface area contributed by atoms with Crippen LogP contribution in [0.25, 0.3) is 28.1 Å². The van der Waals surface area contributed by atoms with E-state index in [0.29, 0.717) is 42.2 Å². The number of hydrogen-bond acceptors (Lipinski definition) is 9. The van der Waals surface area contributed by atoms with Crippen LogP contribution in [0.3, 0.4) is 0 Å². The van der Waals surface area contributed by atoms with Crippen molar-refractivity contribution in [3.8, 4) is 22.8 Å². The van der Waals surface area contributed by atoms with Gasteiger partial charge in [-0.15, -0.1) is 5.10 Å². The van der Waals surface area contributed by atoms with Crippen LogP contribution in [0, 0.1) is 5.82 Å². The lowest BCUT2D eigenvalue weighted by Gasteiger charge is -2.44. The number of amides is 1. The van der Waals surface area contributed by atoms with E-state index >= 15 is 4.39 Å². The van der Waals surface area contributed by atoms with Crippen molar-refractivity contribution in [2.24, 2.45) is 0 Å². The van der Waals surface area contributed by atoms with Crippen LogP contribution in [0.1, 0.15) is 39.3 Å². The summed E-state index contributed by atoms with van der Waals surface area (Å²) < 4.78 is 24.9. The second-order valence-corrected chi connectivity index (χ2v) is 10.7. The normalized spacial score (nSPS) is 18.6. The Morgan fingerprint density at radius 3 is 2.78 bits per heavy atom. The Morgan fingerprint density at radius 2 is 2.02 bits per heavy atom. The SMILES string of the molecule is C=CC(=O)N1C[C@H](C)N(c2nc(=O)n3c4nc(c(F)cc24)-c2cn(nn2)CCOc2ccnc(C(C)C)c2-3)C[C@H]1C. The quantitative estimate of drug-likeness (QED) is 0.349. The van der Waals surface area contributed by atoms with Crippen LogP contribution in [0.4, 0.5) is 10.2 Å². The van der Waals surface area contributed by atoms with Gasteiger partial charge in [0.1, 0.15) is 35.2 Å². The van der Waals surface area contributed by atoms with E-state index in [9.17, 15) is 9.59 Å². The van der Waals surface area contributed by atoms with Gasteiger partial charge in [-0.25, -0.2) is 23.4 Å². The molecule has 2 atom stereocenters. The maximum absolute atomic E-state index is 15.8. The summed E-state index contributed by atoms with van der Waals surface area (Å²) in [4.78, 5) is 43.9. The fourth-order valence-electron chi connectivity index (χ4n) is 5.53. The summed E-state index contributed by atoms with van der Waals surface area (Å²) in [6, 6.07) is 2.60. The van der Waals surface area contributed by atoms with Crippen molar-refractivity contribution in [2.75, 3.05) is 24.6 Å². The van der Waals surface area contributed by atoms with E-state index in [-0.39, 0.29) is 53.4 Å². The van der Waals surface area contributed by atoms with Crippen LogP contribution in [0.15, 0.2) is 42.0 Å². The number of hydrogen-bond donors (Lipinski definition) is 0. The largest absolute Gasteiger partial charge is 0.489 e. The first-order chi connectivity index (χ1) is 19.7. The molecule has 2 aliphatic heterocycles. The molecule has 12 nitrogen and oxygen atoms in total. The zero-order chi connectivity index (χ0) is 29.0. The molecule has 4 aromatic rings. The molecule has 0 spiro atoms. The first-order valence-corrected chi connectivity index (χ1v) is 13.5. The van der Waals surface area contributed by atoms with E-state index < -0.39 is 11.5 Å². The second-order valence-electron chi connectivity index (χ2n) is 10.7. The summed E-state index contributed by atoms with van der Waals surface area (Å²) in [7, 11) is 0. The average molecular weight is 560 g/mol. The maximum atomic E-state index is 15.8. The molecule has 0 radical (unpaired) electrons. The van der Waals surface area contributed by atoms with E-state index in [1.54, 1.807) is 28.0 Å². The third-order valence-electron chi connectivity index (χ3n) is 7.56. The number of pyridine rings is 2. The van der Waals surface area contributed by atoms with Gasteiger partial charge in [0.2, 0.25) is 5.91 Å². The molecule has 212 valence electrons. The molecule has 0 aliphatic carbocycles. The van der Waals surface area contributed by atoms with Crippen LogP contribution < -0.4 is 15.3 Å². The Hall–Kier alpha value is -4.68. The number of ether oxygens (including phenoxy) is 1. The average Bonchev–Trinajstić information content (AvgIpc) is 3.41. The van der Waals surface area contributed by atoms with Gasteiger partial charge in [0.25, 0.3) is 0 Å². The fraction of sp³-hybridized carbons (Fsp3) is 0.393. The molecule has 1 amide bonds. The Labute approximate surface area is 235 Å². The minimum absolute atomic E-state index is 0.0325. The summed E-state index contributed by atoms with van der Waals surface area (Å²) in [5.74, 6) is -0.157. The highest BCUT2D eigenvalue weighted by Gasteiger charge is 2.34. The number of carbonyl (C=O) groups is 1. The Bertz CT molecular complexity index is 1750. The molecule has 1 fully saturated rings. The third-order valence-corrected chi connectivity index (χ3v) is 7.56. The third kappa shape index (κ3) is 4.41. The lowest BCUT2D eigenvalue weighted by molar-refractivity contribution is -0.128. The van der Waals surface area contributed by atoms with Crippen molar-refractivity contribution in [2.45, 2.75) is 52.2 Å². The monoisotopic (exact) mass is 559 g/mol. The van der Waals surface area contributed by atoms with Gasteiger partial charge in [-0.3, -0.25) is 9.78 Å². The summed E-state index contributed by atoms with van der Waals surface area (Å²) in [6.45, 7) is 12.7. The van der Waals surface area contributed by atoms with Crippen LogP contribution >= 0.6 is 0 Å². The number of aromatic nitrogens is 7. The maximum Gasteiger partial charge on any atom is 0.356 e. The van der Waals surface area contributed by atoms with Crippen LogP contribution in [-0.2, 0) is 11.3 Å². The van der Waals surface area contributed by atoms with Gasteiger partial charge in [-0.1, -0.05) is 25.6 Å². The molecular formula is C28H30FN9O3. The van der Waals surface area contributed by atoms with Crippen molar-refractivity contribution in [3.05, 3.63) is 59.2 Å². The topological polar surface area (TPSA) is 124 Å². The molecule has 6 heterocycles. The Balaban J connectivity index is 1.65.